The summed E-state index contributed by atoms with van der Waals surface area (Å²) in [6.07, 6.45) is 22.0. The third-order valence-electron chi connectivity index (χ3n) is 17.9. The highest BCUT2D eigenvalue weighted by atomic mass is 15.0. The van der Waals surface area contributed by atoms with E-state index in [9.17, 15) is 0 Å². The Morgan fingerprint density at radius 1 is 0.111 bits per heavy atom. The smallest absolute Gasteiger partial charge is 0.164 e. The lowest BCUT2D eigenvalue weighted by atomic mass is 10.1. The summed E-state index contributed by atoms with van der Waals surface area (Å²) >= 11 is 0. The van der Waals surface area contributed by atoms with Crippen LogP contribution in [0.5, 0.6) is 0 Å². The van der Waals surface area contributed by atoms with E-state index in [1.54, 1.807) is 80.7 Å². The van der Waals surface area contributed by atoms with Crippen LogP contribution in [0.25, 0.3) is 136 Å². The van der Waals surface area contributed by atoms with Gasteiger partial charge in [-0.05, 0) is 54.6 Å². The molecule has 12 aromatic carbocycles. The first-order valence-electron chi connectivity index (χ1n) is 40.4. The molecule has 0 unspecified atom stereocenters. The summed E-state index contributed by atoms with van der Waals surface area (Å²) in [7, 11) is 0. The molecule has 21 rings (SSSR count). The molecule has 0 aliphatic heterocycles. The molecule has 21 aromatic rings. The predicted molar refractivity (Wildman–Crippen MR) is 504 cm³/mol. The maximum absolute atomic E-state index is 4.79. The van der Waals surface area contributed by atoms with E-state index in [2.05, 4.69) is 134 Å². The number of pyridine rings is 2. The van der Waals surface area contributed by atoms with Gasteiger partial charge in [0.15, 0.2) is 46.6 Å². The predicted octanol–water partition coefficient (Wildman–Crippen LogP) is 24.3. The first-order valence-corrected chi connectivity index (χ1v) is 40.4. The van der Waals surface area contributed by atoms with Crippen LogP contribution in [0.3, 0.4) is 0 Å². The van der Waals surface area contributed by atoms with E-state index in [-0.39, 0.29) is 0 Å². The van der Waals surface area contributed by atoms with Crippen LogP contribution < -0.4 is 0 Å². The van der Waals surface area contributed by atoms with Gasteiger partial charge >= 0.3 is 0 Å². The molecule has 0 aliphatic rings. The zero-order chi connectivity index (χ0) is 86.0. The molecule has 9 aromatic heterocycles. The molecule has 0 radical (unpaired) electrons. The average Bonchev–Trinajstić information content (AvgIpc) is 0.806. The third kappa shape index (κ3) is 28.3. The van der Waals surface area contributed by atoms with Crippen LogP contribution in [0.4, 0.5) is 0 Å². The second-order valence-corrected chi connectivity index (χ2v) is 26.7. The summed E-state index contributed by atoms with van der Waals surface area (Å²) in [5, 5.41) is 0. The molecule has 18 nitrogen and oxygen atoms in total. The van der Waals surface area contributed by atoms with Crippen LogP contribution in [0.1, 0.15) is 0 Å². The minimum absolute atomic E-state index is 0.684. The number of hydrogen-bond acceptors (Lipinski definition) is 18. The van der Waals surface area contributed by atoms with Crippen molar-refractivity contribution >= 4 is 0 Å². The lowest BCUT2D eigenvalue weighted by molar-refractivity contribution is 1.06. The van der Waals surface area contributed by atoms with Crippen molar-refractivity contribution in [3.05, 3.63) is 512 Å². The van der Waals surface area contributed by atoms with Gasteiger partial charge in [0, 0.05) is 129 Å². The highest BCUT2D eigenvalue weighted by molar-refractivity contribution is 5.73. The Kier molecular flexibility index (Phi) is 34.0. The normalized spacial score (nSPS) is 9.90. The summed E-state index contributed by atoms with van der Waals surface area (Å²) in [4.78, 5) is 76.6. The second-order valence-electron chi connectivity index (χ2n) is 26.7. The van der Waals surface area contributed by atoms with E-state index in [4.69, 9.17) is 9.97 Å². The van der Waals surface area contributed by atoms with Crippen LogP contribution in [0, 0.1) is 0 Å². The van der Waals surface area contributed by atoms with Gasteiger partial charge in [-0.3, -0.25) is 9.97 Å². The molecule has 0 fully saturated rings. The van der Waals surface area contributed by atoms with Gasteiger partial charge in [-0.15, -0.1) is 0 Å². The molecule has 0 amide bonds. The van der Waals surface area contributed by atoms with Gasteiger partial charge in [0.05, 0.1) is 22.8 Å². The number of benzene rings is 12. The first kappa shape index (κ1) is 86.2. The molecule has 0 N–H and O–H groups in total. The molecule has 126 heavy (non-hydrogen) atoms. The lowest BCUT2D eigenvalue weighted by Gasteiger charge is -2.09. The van der Waals surface area contributed by atoms with E-state index in [1.807, 2.05) is 370 Å². The topological polar surface area (TPSA) is 232 Å². The number of hydrogen-bond donors (Lipinski definition) is 0. The Bertz CT molecular complexity index is 5520. The Morgan fingerprint density at radius 3 is 0.532 bits per heavy atom. The molecule has 18 heteroatoms. The van der Waals surface area contributed by atoms with E-state index in [1.165, 1.54) is 6.33 Å². The van der Waals surface area contributed by atoms with Crippen molar-refractivity contribution in [1.29, 1.82) is 0 Å². The van der Waals surface area contributed by atoms with E-state index < -0.39 is 0 Å². The van der Waals surface area contributed by atoms with Crippen LogP contribution in [-0.4, -0.2) is 89.7 Å². The molecule has 0 aliphatic carbocycles. The van der Waals surface area contributed by atoms with Crippen LogP contribution in [-0.2, 0) is 0 Å². The van der Waals surface area contributed by atoms with Crippen LogP contribution >= 0.6 is 0 Å². The van der Waals surface area contributed by atoms with Crippen molar-refractivity contribution in [3.8, 4) is 136 Å². The standard InChI is InChI=1S/C22H16N2.C21H15N3.C16H12N2.C15H11N3.2C10H8N2.2C5H5N.C4H4N2/c1-4-10-17(11-5-1)20-16-21(18-12-6-2-7-13-18)24-22(23-20)19-14-8-3-9-15-19;1-4-10-16(11-5-1)19-22-20(17-12-6-2-7-13-17)24-21(23-19)18-14-8-3-9-15-18;1-3-7-13(8-4-1)15-11-16(18-12-17-15)14-9-5-2-6-10-14;1-3-7-12(8-4-1)14-16-11-17-15(18-14)13-9-5-2-6-10-13;2*1-2-5-9(6-3-1)10-11-7-4-8-12-10;2*1-2-4-6-5-3-1;1-2-5-4-6-3-1/h1-16H;1-15H;1-12H;1-11H;2*1-8H;2*1-5H;1-4H. The Hall–Kier alpha value is -17.6. The maximum Gasteiger partial charge on any atom is 0.164 e. The molecule has 9 heterocycles. The van der Waals surface area contributed by atoms with Gasteiger partial charge in [-0.2, -0.15) is 0 Å². The highest BCUT2D eigenvalue weighted by Gasteiger charge is 2.14. The maximum atomic E-state index is 4.79. The fourth-order valence-corrected chi connectivity index (χ4v) is 11.8. The molecular formula is C108H84N18. The highest BCUT2D eigenvalue weighted by Crippen LogP contribution is 2.30. The van der Waals surface area contributed by atoms with E-state index in [0.29, 0.717) is 29.1 Å². The zero-order valence-corrected chi connectivity index (χ0v) is 68.5. The number of nitrogens with zero attached hydrogens (tertiary/aromatic N) is 18. The quantitative estimate of drug-likeness (QED) is 0.111. The van der Waals surface area contributed by atoms with Crippen molar-refractivity contribution in [3.63, 3.8) is 0 Å². The fourth-order valence-electron chi connectivity index (χ4n) is 11.8. The molecule has 0 spiro atoms. The molecule has 0 saturated carbocycles. The molecule has 0 atom stereocenters. The van der Waals surface area contributed by atoms with E-state index in [0.717, 1.165) is 107 Å². The van der Waals surface area contributed by atoms with Gasteiger partial charge in [-0.25, -0.2) is 79.7 Å². The van der Waals surface area contributed by atoms with Crippen molar-refractivity contribution in [2.75, 3.05) is 0 Å². The van der Waals surface area contributed by atoms with Crippen LogP contribution in [0.15, 0.2) is 512 Å². The van der Waals surface area contributed by atoms with Crippen molar-refractivity contribution in [2.24, 2.45) is 0 Å². The first-order chi connectivity index (χ1) is 62.6. The number of rotatable bonds is 12. The second kappa shape index (κ2) is 49.7. The fraction of sp³-hybridized carbons (Fsp3) is 0. The third-order valence-corrected chi connectivity index (χ3v) is 17.9. The van der Waals surface area contributed by atoms with E-state index >= 15 is 0 Å². The Morgan fingerprint density at radius 2 is 0.302 bits per heavy atom. The minimum atomic E-state index is 0.684. The monoisotopic (exact) mass is 1630 g/mol. The molecule has 0 bridgehead atoms. The van der Waals surface area contributed by atoms with Crippen molar-refractivity contribution in [1.82, 2.24) is 89.7 Å². The van der Waals surface area contributed by atoms with Gasteiger partial charge in [-0.1, -0.05) is 376 Å². The summed E-state index contributed by atoms with van der Waals surface area (Å²) < 4.78 is 0. The van der Waals surface area contributed by atoms with Crippen molar-refractivity contribution < 1.29 is 0 Å². The molecular weight excluding hydrogens is 1550 g/mol. The Balaban J connectivity index is 0.000000126. The lowest BCUT2D eigenvalue weighted by Crippen LogP contribution is -1.99. The molecule has 0 saturated heterocycles. The minimum Gasteiger partial charge on any atom is -0.265 e. The van der Waals surface area contributed by atoms with Gasteiger partial charge < -0.3 is 0 Å². The van der Waals surface area contributed by atoms with Gasteiger partial charge in [0.1, 0.15) is 19.0 Å². The Labute approximate surface area is 733 Å². The summed E-state index contributed by atoms with van der Waals surface area (Å²) in [6, 6.07) is 141. The SMILES string of the molecule is c1ccc(-c2cc(-c3ccccc3)nc(-c3ccccc3)n2)cc1.c1ccc(-c2cc(-c3ccccc3)ncn2)cc1.c1ccc(-c2nc(-c3ccccc3)nc(-c3ccccc3)n2)cc1.c1ccc(-c2ncccn2)cc1.c1ccc(-c2ncccn2)cc1.c1ccc(-c2ncnc(-c3ccccc3)n2)cc1.c1ccncc1.c1ccncc1.c1cncnc1. The average molecular weight is 1630 g/mol. The van der Waals surface area contributed by atoms with Crippen molar-refractivity contribution in [2.45, 2.75) is 0 Å². The largest absolute Gasteiger partial charge is 0.265 e. The van der Waals surface area contributed by atoms with Crippen LogP contribution in [0.2, 0.25) is 0 Å². The zero-order valence-electron chi connectivity index (χ0n) is 68.5. The summed E-state index contributed by atoms with van der Waals surface area (Å²) in [5.74, 6) is 5.75. The molecule has 606 valence electrons. The van der Waals surface area contributed by atoms with Gasteiger partial charge in [0.2, 0.25) is 0 Å². The summed E-state index contributed by atoms with van der Waals surface area (Å²) in [6.45, 7) is 0. The van der Waals surface area contributed by atoms with Gasteiger partial charge in [0.25, 0.3) is 0 Å². The number of aromatic nitrogens is 18. The summed E-state index contributed by atoms with van der Waals surface area (Å²) in [5.41, 5.74) is 16.2.